The van der Waals surface area contributed by atoms with Crippen LogP contribution in [0, 0.1) is 6.92 Å². The number of hydrogen-bond donors (Lipinski definition) is 1. The molecule has 0 saturated carbocycles. The first-order valence-electron chi connectivity index (χ1n) is 6.34. The van der Waals surface area contributed by atoms with Crippen molar-refractivity contribution >= 4 is 11.8 Å². The summed E-state index contributed by atoms with van der Waals surface area (Å²) in [6.07, 6.45) is 2.12. The maximum atomic E-state index is 3.51. The van der Waals surface area contributed by atoms with Gasteiger partial charge in [-0.25, -0.2) is 0 Å². The van der Waals surface area contributed by atoms with Crippen molar-refractivity contribution in [1.29, 1.82) is 0 Å². The molecular formula is C17H17N. The molecule has 1 aliphatic rings. The summed E-state index contributed by atoms with van der Waals surface area (Å²) in [6, 6.07) is 17.5. The van der Waals surface area contributed by atoms with Crippen LogP contribution in [0.15, 0.2) is 48.5 Å². The molecule has 0 fully saturated rings. The number of benzene rings is 2. The lowest BCUT2D eigenvalue weighted by atomic mass is 9.94. The van der Waals surface area contributed by atoms with Crippen molar-refractivity contribution in [2.24, 2.45) is 0 Å². The van der Waals surface area contributed by atoms with Crippen molar-refractivity contribution in [2.75, 3.05) is 0 Å². The summed E-state index contributed by atoms with van der Waals surface area (Å²) in [5.74, 6) is 0. The van der Waals surface area contributed by atoms with E-state index in [1.54, 1.807) is 0 Å². The number of aryl methyl sites for hydroxylation is 1. The molecule has 1 unspecified atom stereocenters. The molecule has 0 spiro atoms. The van der Waals surface area contributed by atoms with Gasteiger partial charge >= 0.3 is 0 Å². The normalized spacial score (nSPS) is 17.7. The van der Waals surface area contributed by atoms with Crippen LogP contribution in [0.25, 0.3) is 11.8 Å². The fraction of sp³-hybridized carbons (Fsp3) is 0.176. The van der Waals surface area contributed by atoms with E-state index in [0.29, 0.717) is 6.04 Å². The van der Waals surface area contributed by atoms with E-state index >= 15 is 0 Å². The largest absolute Gasteiger partial charge is 0.380 e. The highest BCUT2D eigenvalue weighted by atomic mass is 14.9. The predicted octanol–water partition coefficient (Wildman–Crippen LogP) is 2.25. The van der Waals surface area contributed by atoms with Gasteiger partial charge in [0.05, 0.1) is 6.04 Å². The Morgan fingerprint density at radius 3 is 2.61 bits per heavy atom. The lowest BCUT2D eigenvalue weighted by Gasteiger charge is -2.22. The Morgan fingerprint density at radius 2 is 1.78 bits per heavy atom. The van der Waals surface area contributed by atoms with Crippen LogP contribution < -0.4 is 15.8 Å². The highest BCUT2D eigenvalue weighted by Gasteiger charge is 2.15. The van der Waals surface area contributed by atoms with E-state index in [0.717, 1.165) is 0 Å². The number of fused-ring (bicyclic) bond motifs is 1. The topological polar surface area (TPSA) is 12.0 Å². The summed E-state index contributed by atoms with van der Waals surface area (Å²) >= 11 is 0. The zero-order valence-electron chi connectivity index (χ0n) is 10.8. The third-order valence-corrected chi connectivity index (χ3v) is 3.60. The van der Waals surface area contributed by atoms with Gasteiger partial charge in [-0.2, -0.15) is 0 Å². The molecule has 1 aliphatic heterocycles. The zero-order chi connectivity index (χ0) is 12.5. The van der Waals surface area contributed by atoms with E-state index in [1.165, 1.54) is 27.1 Å². The van der Waals surface area contributed by atoms with Gasteiger partial charge in [-0.3, -0.25) is 0 Å². The molecule has 0 radical (unpaired) electrons. The van der Waals surface area contributed by atoms with Gasteiger partial charge in [0.2, 0.25) is 0 Å². The Kier molecular flexibility index (Phi) is 2.67. The maximum absolute atomic E-state index is 3.51. The van der Waals surface area contributed by atoms with Crippen molar-refractivity contribution in [3.63, 3.8) is 0 Å². The van der Waals surface area contributed by atoms with Crippen molar-refractivity contribution in [3.8, 4) is 0 Å². The van der Waals surface area contributed by atoms with Crippen LogP contribution >= 0.6 is 0 Å². The highest BCUT2D eigenvalue weighted by Crippen LogP contribution is 2.23. The highest BCUT2D eigenvalue weighted by molar-refractivity contribution is 5.57. The number of nitrogens with one attached hydrogen (secondary N) is 1. The van der Waals surface area contributed by atoms with Crippen molar-refractivity contribution < 1.29 is 0 Å². The lowest BCUT2D eigenvalue weighted by molar-refractivity contribution is 0.783. The van der Waals surface area contributed by atoms with Crippen LogP contribution in [0.5, 0.6) is 0 Å². The third kappa shape index (κ3) is 1.82. The molecule has 2 aromatic rings. The average Bonchev–Trinajstić information content (AvgIpc) is 2.39. The molecule has 1 atom stereocenters. The molecule has 90 valence electrons. The second-order valence-electron chi connectivity index (χ2n) is 4.93. The molecule has 0 amide bonds. The molecule has 1 heterocycles. The van der Waals surface area contributed by atoms with Crippen LogP contribution in [0.3, 0.4) is 0 Å². The van der Waals surface area contributed by atoms with Gasteiger partial charge in [0.25, 0.3) is 0 Å². The smallest absolute Gasteiger partial charge is 0.0728 e. The molecule has 18 heavy (non-hydrogen) atoms. The van der Waals surface area contributed by atoms with Gasteiger partial charge < -0.3 is 5.32 Å². The molecule has 0 bridgehead atoms. The fourth-order valence-corrected chi connectivity index (χ4v) is 2.63. The van der Waals surface area contributed by atoms with Crippen LogP contribution in [0.1, 0.15) is 24.1 Å². The van der Waals surface area contributed by atoms with Gasteiger partial charge in [-0.15, -0.1) is 0 Å². The van der Waals surface area contributed by atoms with Crippen molar-refractivity contribution in [3.05, 3.63) is 70.1 Å². The summed E-state index contributed by atoms with van der Waals surface area (Å²) in [4.78, 5) is 0. The van der Waals surface area contributed by atoms with Gasteiger partial charge in [0.15, 0.2) is 0 Å². The van der Waals surface area contributed by atoms with Crippen LogP contribution in [-0.2, 0) is 0 Å². The molecule has 3 rings (SSSR count). The first-order valence-corrected chi connectivity index (χ1v) is 6.34. The predicted molar refractivity (Wildman–Crippen MR) is 76.3 cm³/mol. The SMILES string of the molecule is CC1=c2ccccc2=CNC1c1cccc(C)c1. The van der Waals surface area contributed by atoms with E-state index in [9.17, 15) is 0 Å². The minimum Gasteiger partial charge on any atom is -0.380 e. The van der Waals surface area contributed by atoms with Crippen LogP contribution in [0.4, 0.5) is 0 Å². The fourth-order valence-electron chi connectivity index (χ4n) is 2.63. The number of hydrogen-bond acceptors (Lipinski definition) is 1. The second kappa shape index (κ2) is 4.34. The Balaban J connectivity index is 2.16. The Bertz CT molecular complexity index is 698. The van der Waals surface area contributed by atoms with E-state index < -0.39 is 0 Å². The van der Waals surface area contributed by atoms with Crippen LogP contribution in [0.2, 0.25) is 0 Å². The first-order chi connectivity index (χ1) is 8.75. The third-order valence-electron chi connectivity index (χ3n) is 3.60. The molecule has 0 aromatic heterocycles. The first kappa shape index (κ1) is 11.1. The van der Waals surface area contributed by atoms with Gasteiger partial charge in [0, 0.05) is 6.20 Å². The molecule has 1 nitrogen and oxygen atoms in total. The molecule has 1 N–H and O–H groups in total. The lowest BCUT2D eigenvalue weighted by Crippen LogP contribution is -2.37. The van der Waals surface area contributed by atoms with E-state index in [4.69, 9.17) is 0 Å². The Hall–Kier alpha value is -2.02. The summed E-state index contributed by atoms with van der Waals surface area (Å²) in [5, 5.41) is 6.13. The number of rotatable bonds is 1. The second-order valence-corrected chi connectivity index (χ2v) is 4.93. The minimum atomic E-state index is 0.291. The monoisotopic (exact) mass is 235 g/mol. The molecular weight excluding hydrogens is 218 g/mol. The minimum absolute atomic E-state index is 0.291. The van der Waals surface area contributed by atoms with E-state index in [1.807, 2.05) is 0 Å². The maximum Gasteiger partial charge on any atom is 0.0728 e. The summed E-state index contributed by atoms with van der Waals surface area (Å²) < 4.78 is 0. The van der Waals surface area contributed by atoms with Gasteiger partial charge in [-0.1, -0.05) is 54.1 Å². The standard InChI is InChI=1S/C17H17N/c1-12-6-5-8-14(10-12)17-13(2)16-9-4-3-7-15(16)11-18-17/h3-11,17-18H,1-2H3. The zero-order valence-corrected chi connectivity index (χ0v) is 10.8. The Morgan fingerprint density at radius 1 is 0.944 bits per heavy atom. The summed E-state index contributed by atoms with van der Waals surface area (Å²) in [5.41, 5.74) is 4.03. The molecule has 2 aromatic carbocycles. The van der Waals surface area contributed by atoms with E-state index in [2.05, 4.69) is 73.9 Å². The average molecular weight is 235 g/mol. The van der Waals surface area contributed by atoms with Crippen molar-refractivity contribution in [2.45, 2.75) is 19.9 Å². The molecule has 0 saturated heterocycles. The van der Waals surface area contributed by atoms with Gasteiger partial charge in [-0.05, 0) is 35.4 Å². The summed E-state index contributed by atoms with van der Waals surface area (Å²) in [6.45, 7) is 4.35. The van der Waals surface area contributed by atoms with E-state index in [-0.39, 0.29) is 0 Å². The van der Waals surface area contributed by atoms with Crippen molar-refractivity contribution in [1.82, 2.24) is 5.32 Å². The summed E-state index contributed by atoms with van der Waals surface area (Å²) in [7, 11) is 0. The quantitative estimate of drug-likeness (QED) is 0.799. The van der Waals surface area contributed by atoms with Gasteiger partial charge in [0.1, 0.15) is 0 Å². The Labute approximate surface area is 107 Å². The van der Waals surface area contributed by atoms with Crippen LogP contribution in [-0.4, -0.2) is 0 Å². The molecule has 0 aliphatic carbocycles. The molecule has 1 heteroatoms.